The van der Waals surface area contributed by atoms with E-state index in [0.29, 0.717) is 0 Å². The number of fused-ring (bicyclic) bond motifs is 1. The highest BCUT2D eigenvalue weighted by Crippen LogP contribution is 2.44. The van der Waals surface area contributed by atoms with Crippen LogP contribution in [-0.4, -0.2) is 11.5 Å². The summed E-state index contributed by atoms with van der Waals surface area (Å²) < 4.78 is 0. The Morgan fingerprint density at radius 1 is 1.33 bits per heavy atom. The van der Waals surface area contributed by atoms with Gasteiger partial charge in [-0.2, -0.15) is 0 Å². The Bertz CT molecular complexity index is 579. The molecule has 2 nitrogen and oxygen atoms in total. The van der Waals surface area contributed by atoms with Gasteiger partial charge in [-0.15, -0.1) is 0 Å². The molecule has 3 rings (SSSR count). The van der Waals surface area contributed by atoms with E-state index >= 15 is 0 Å². The van der Waals surface area contributed by atoms with E-state index in [1.165, 1.54) is 42.3 Å². The second-order valence-electron chi connectivity index (χ2n) is 5.51. The third kappa shape index (κ3) is 1.67. The van der Waals surface area contributed by atoms with Crippen molar-refractivity contribution in [3.05, 3.63) is 34.5 Å². The molecule has 1 fully saturated rings. The van der Waals surface area contributed by atoms with Gasteiger partial charge in [0.25, 0.3) is 0 Å². The molecule has 0 unspecified atom stereocenters. The van der Waals surface area contributed by atoms with Crippen LogP contribution in [0.5, 0.6) is 0 Å². The van der Waals surface area contributed by atoms with Crippen molar-refractivity contribution in [2.75, 3.05) is 6.54 Å². The summed E-state index contributed by atoms with van der Waals surface area (Å²) in [6.07, 6.45) is 4.99. The van der Waals surface area contributed by atoms with Crippen LogP contribution in [0.4, 0.5) is 0 Å². The van der Waals surface area contributed by atoms with E-state index in [2.05, 4.69) is 18.0 Å². The molecule has 1 aliphatic carbocycles. The van der Waals surface area contributed by atoms with Crippen molar-refractivity contribution in [1.29, 1.82) is 0 Å². The molecule has 3 heteroatoms. The van der Waals surface area contributed by atoms with E-state index in [0.717, 1.165) is 17.1 Å². The highest BCUT2D eigenvalue weighted by atomic mass is 35.5. The lowest BCUT2D eigenvalue weighted by atomic mass is 9.77. The average Bonchev–Trinajstić information content (AvgIpc) is 2.92. The fraction of sp³-hybridized carbons (Fsp3) is 0.467. The van der Waals surface area contributed by atoms with Crippen molar-refractivity contribution in [2.24, 2.45) is 5.73 Å². The molecule has 1 aromatic carbocycles. The summed E-state index contributed by atoms with van der Waals surface area (Å²) in [5.74, 6) is 0. The van der Waals surface area contributed by atoms with Crippen molar-refractivity contribution in [3.63, 3.8) is 0 Å². The van der Waals surface area contributed by atoms with Gasteiger partial charge in [-0.1, -0.05) is 30.5 Å². The first-order chi connectivity index (χ1) is 8.66. The normalized spacial score (nSPS) is 18.6. The van der Waals surface area contributed by atoms with E-state index in [1.54, 1.807) is 0 Å². The minimum absolute atomic E-state index is 0.177. The number of halogens is 1. The zero-order valence-electron chi connectivity index (χ0n) is 10.7. The number of benzene rings is 1. The van der Waals surface area contributed by atoms with E-state index in [1.807, 2.05) is 12.1 Å². The predicted octanol–water partition coefficient (Wildman–Crippen LogP) is 3.90. The lowest BCUT2D eigenvalue weighted by Gasteiger charge is -2.28. The molecule has 0 saturated heterocycles. The number of nitrogens with one attached hydrogen (secondary N) is 1. The maximum atomic E-state index is 6.11. The van der Waals surface area contributed by atoms with E-state index in [9.17, 15) is 0 Å². The van der Waals surface area contributed by atoms with Crippen LogP contribution in [0.3, 0.4) is 0 Å². The van der Waals surface area contributed by atoms with E-state index in [4.69, 9.17) is 17.3 Å². The molecule has 96 valence electrons. The van der Waals surface area contributed by atoms with Crippen molar-refractivity contribution in [3.8, 4) is 0 Å². The van der Waals surface area contributed by atoms with Gasteiger partial charge in [0, 0.05) is 33.6 Å². The van der Waals surface area contributed by atoms with Crippen LogP contribution >= 0.6 is 11.6 Å². The topological polar surface area (TPSA) is 41.8 Å². The fourth-order valence-corrected chi connectivity index (χ4v) is 3.77. The quantitative estimate of drug-likeness (QED) is 0.847. The highest BCUT2D eigenvalue weighted by molar-refractivity contribution is 6.31. The molecule has 0 bridgehead atoms. The summed E-state index contributed by atoms with van der Waals surface area (Å²) in [4.78, 5) is 3.46. The number of H-pyrrole nitrogens is 1. The van der Waals surface area contributed by atoms with Gasteiger partial charge in [-0.05, 0) is 37.5 Å². The summed E-state index contributed by atoms with van der Waals surface area (Å²) in [7, 11) is 0. The molecule has 1 saturated carbocycles. The SMILES string of the molecule is Cc1[nH]c2cc(Cl)ccc2c1C1(CN)CCCC1. The molecule has 0 atom stereocenters. The number of aromatic amines is 1. The molecule has 0 spiro atoms. The molecule has 3 N–H and O–H groups in total. The van der Waals surface area contributed by atoms with Crippen molar-refractivity contribution < 1.29 is 0 Å². The molecule has 18 heavy (non-hydrogen) atoms. The number of aryl methyl sites for hydroxylation is 1. The van der Waals surface area contributed by atoms with Gasteiger partial charge < -0.3 is 10.7 Å². The van der Waals surface area contributed by atoms with Crippen LogP contribution in [0.25, 0.3) is 10.9 Å². The molecule has 2 aromatic rings. The van der Waals surface area contributed by atoms with Gasteiger partial charge in [0.05, 0.1) is 0 Å². The number of hydrogen-bond acceptors (Lipinski definition) is 1. The molecular formula is C15H19ClN2. The van der Waals surface area contributed by atoms with Crippen LogP contribution in [-0.2, 0) is 5.41 Å². The monoisotopic (exact) mass is 262 g/mol. The van der Waals surface area contributed by atoms with Crippen LogP contribution in [0.2, 0.25) is 5.02 Å². The second kappa shape index (κ2) is 4.29. The molecule has 0 aliphatic heterocycles. The van der Waals surface area contributed by atoms with Gasteiger partial charge in [0.2, 0.25) is 0 Å². The summed E-state index contributed by atoms with van der Waals surface area (Å²) >= 11 is 6.06. The smallest absolute Gasteiger partial charge is 0.0474 e. The van der Waals surface area contributed by atoms with Crippen LogP contribution in [0.1, 0.15) is 36.9 Å². The largest absolute Gasteiger partial charge is 0.358 e. The maximum Gasteiger partial charge on any atom is 0.0474 e. The lowest BCUT2D eigenvalue weighted by Crippen LogP contribution is -2.32. The molecule has 1 aromatic heterocycles. The second-order valence-corrected chi connectivity index (χ2v) is 5.94. The summed E-state index contributed by atoms with van der Waals surface area (Å²) in [5, 5.41) is 2.08. The van der Waals surface area contributed by atoms with Crippen molar-refractivity contribution >= 4 is 22.5 Å². The van der Waals surface area contributed by atoms with Gasteiger partial charge in [0.15, 0.2) is 0 Å². The maximum absolute atomic E-state index is 6.11. The number of rotatable bonds is 2. The summed E-state index contributed by atoms with van der Waals surface area (Å²) in [6.45, 7) is 2.89. The van der Waals surface area contributed by atoms with E-state index in [-0.39, 0.29) is 5.41 Å². The molecule has 0 amide bonds. The molecule has 1 heterocycles. The molecule has 1 aliphatic rings. The van der Waals surface area contributed by atoms with Gasteiger partial charge in [-0.25, -0.2) is 0 Å². The minimum Gasteiger partial charge on any atom is -0.358 e. The standard InChI is InChI=1S/C15H19ClN2/c1-10-14(15(9-17)6-2-3-7-15)12-5-4-11(16)8-13(12)18-10/h4-5,8,18H,2-3,6-7,9,17H2,1H3. The van der Waals surface area contributed by atoms with Crippen LogP contribution in [0.15, 0.2) is 18.2 Å². The fourth-order valence-electron chi connectivity index (χ4n) is 3.60. The first-order valence-corrected chi connectivity index (χ1v) is 7.02. The van der Waals surface area contributed by atoms with Gasteiger partial charge >= 0.3 is 0 Å². The summed E-state index contributed by atoms with van der Waals surface area (Å²) in [5.41, 5.74) is 10.1. The minimum atomic E-state index is 0.177. The van der Waals surface area contributed by atoms with Gasteiger partial charge in [-0.3, -0.25) is 0 Å². The third-order valence-corrected chi connectivity index (χ3v) is 4.66. The third-order valence-electron chi connectivity index (χ3n) is 4.43. The number of hydrogen-bond donors (Lipinski definition) is 2. The Morgan fingerprint density at radius 3 is 2.72 bits per heavy atom. The zero-order chi connectivity index (χ0) is 12.8. The Labute approximate surface area is 113 Å². The first kappa shape index (κ1) is 12.1. The van der Waals surface area contributed by atoms with Crippen LogP contribution < -0.4 is 5.73 Å². The van der Waals surface area contributed by atoms with Crippen LogP contribution in [0, 0.1) is 6.92 Å². The Hall–Kier alpha value is -0.990. The zero-order valence-corrected chi connectivity index (χ0v) is 11.5. The highest BCUT2D eigenvalue weighted by Gasteiger charge is 2.37. The van der Waals surface area contributed by atoms with E-state index < -0.39 is 0 Å². The summed E-state index contributed by atoms with van der Waals surface area (Å²) in [6, 6.07) is 6.11. The molecular weight excluding hydrogens is 244 g/mol. The van der Waals surface area contributed by atoms with Gasteiger partial charge in [0.1, 0.15) is 0 Å². The predicted molar refractivity (Wildman–Crippen MR) is 77.2 cm³/mol. The van der Waals surface area contributed by atoms with Crippen molar-refractivity contribution in [1.82, 2.24) is 4.98 Å². The average molecular weight is 263 g/mol. The molecule has 0 radical (unpaired) electrons. The number of nitrogens with two attached hydrogens (primary N) is 1. The Kier molecular flexibility index (Phi) is 2.87. The Balaban J connectivity index is 2.24. The lowest BCUT2D eigenvalue weighted by molar-refractivity contribution is 0.454. The first-order valence-electron chi connectivity index (χ1n) is 6.65. The number of aromatic nitrogens is 1. The Morgan fingerprint density at radius 2 is 2.06 bits per heavy atom. The van der Waals surface area contributed by atoms with Crippen molar-refractivity contribution in [2.45, 2.75) is 38.0 Å².